The van der Waals surface area contributed by atoms with E-state index in [1.165, 1.54) is 5.56 Å². The Morgan fingerprint density at radius 1 is 1.13 bits per heavy atom. The summed E-state index contributed by atoms with van der Waals surface area (Å²) in [5.74, 6) is 0. The van der Waals surface area contributed by atoms with Crippen molar-refractivity contribution in [3.63, 3.8) is 0 Å². The van der Waals surface area contributed by atoms with Crippen molar-refractivity contribution in [1.29, 1.82) is 0 Å². The van der Waals surface area contributed by atoms with Crippen LogP contribution in [0.25, 0.3) is 11.0 Å². The second-order valence-electron chi connectivity index (χ2n) is 3.67. The zero-order valence-corrected chi connectivity index (χ0v) is 9.05. The summed E-state index contributed by atoms with van der Waals surface area (Å²) in [7, 11) is 1.71. The summed E-state index contributed by atoms with van der Waals surface area (Å²) in [6, 6.07) is 5.73. The lowest BCUT2D eigenvalue weighted by Gasteiger charge is -2.04. The molecular weight excluding hydrogens is 190 g/mol. The van der Waals surface area contributed by atoms with Crippen LogP contribution in [-0.4, -0.2) is 7.05 Å². The van der Waals surface area contributed by atoms with Gasteiger partial charge in [0, 0.05) is 12.4 Å². The SMILES string of the molecule is CNc1cc2cc(C)c(C)cc2oc1=O. The van der Waals surface area contributed by atoms with Crippen molar-refractivity contribution in [2.45, 2.75) is 13.8 Å². The molecule has 0 unspecified atom stereocenters. The molecule has 0 bridgehead atoms. The predicted octanol–water partition coefficient (Wildman–Crippen LogP) is 2.45. The molecule has 0 fully saturated rings. The van der Waals surface area contributed by atoms with Crippen LogP contribution in [0.15, 0.2) is 27.4 Å². The normalized spacial score (nSPS) is 10.6. The summed E-state index contributed by atoms with van der Waals surface area (Å²) < 4.78 is 5.20. The van der Waals surface area contributed by atoms with E-state index in [-0.39, 0.29) is 5.63 Å². The Morgan fingerprint density at radius 3 is 2.47 bits per heavy atom. The standard InChI is InChI=1S/C12H13NO2/c1-7-4-9-6-10(13-3)12(14)15-11(9)5-8(7)2/h4-6,13H,1-3H3. The maximum atomic E-state index is 11.4. The minimum atomic E-state index is -0.326. The molecule has 0 spiro atoms. The van der Waals surface area contributed by atoms with Crippen molar-refractivity contribution in [1.82, 2.24) is 0 Å². The number of aryl methyl sites for hydroxylation is 2. The molecule has 0 atom stereocenters. The maximum Gasteiger partial charge on any atom is 0.359 e. The molecule has 2 aromatic rings. The molecule has 0 radical (unpaired) electrons. The number of anilines is 1. The highest BCUT2D eigenvalue weighted by Crippen LogP contribution is 2.19. The summed E-state index contributed by atoms with van der Waals surface area (Å²) in [5, 5.41) is 3.76. The van der Waals surface area contributed by atoms with E-state index >= 15 is 0 Å². The third-order valence-corrected chi connectivity index (χ3v) is 2.62. The van der Waals surface area contributed by atoms with Gasteiger partial charge in [0.2, 0.25) is 0 Å². The predicted molar refractivity (Wildman–Crippen MR) is 61.5 cm³/mol. The minimum Gasteiger partial charge on any atom is -0.421 e. The number of hydrogen-bond donors (Lipinski definition) is 1. The molecule has 78 valence electrons. The van der Waals surface area contributed by atoms with Crippen LogP contribution in [0.1, 0.15) is 11.1 Å². The molecule has 0 aliphatic carbocycles. The fourth-order valence-corrected chi connectivity index (χ4v) is 1.56. The van der Waals surface area contributed by atoms with E-state index in [2.05, 4.69) is 5.32 Å². The molecular formula is C12H13NO2. The van der Waals surface area contributed by atoms with Gasteiger partial charge in [0.05, 0.1) is 0 Å². The van der Waals surface area contributed by atoms with Crippen molar-refractivity contribution in [2.24, 2.45) is 0 Å². The van der Waals surface area contributed by atoms with Crippen LogP contribution in [0.4, 0.5) is 5.69 Å². The number of fused-ring (bicyclic) bond motifs is 1. The molecule has 1 aromatic carbocycles. The summed E-state index contributed by atoms with van der Waals surface area (Å²) in [6.07, 6.45) is 0. The Hall–Kier alpha value is -1.77. The average Bonchev–Trinajstić information content (AvgIpc) is 2.20. The molecule has 2 rings (SSSR count). The minimum absolute atomic E-state index is 0.326. The summed E-state index contributed by atoms with van der Waals surface area (Å²) in [5.41, 5.74) is 3.13. The fourth-order valence-electron chi connectivity index (χ4n) is 1.56. The first kappa shape index (κ1) is 9.77. The number of nitrogens with one attached hydrogen (secondary N) is 1. The van der Waals surface area contributed by atoms with Crippen LogP contribution in [0, 0.1) is 13.8 Å². The van der Waals surface area contributed by atoms with Gasteiger partial charge in [0.15, 0.2) is 0 Å². The number of benzene rings is 1. The van der Waals surface area contributed by atoms with E-state index in [1.807, 2.05) is 32.0 Å². The lowest BCUT2D eigenvalue weighted by Crippen LogP contribution is -2.06. The number of hydrogen-bond acceptors (Lipinski definition) is 3. The topological polar surface area (TPSA) is 42.2 Å². The Morgan fingerprint density at radius 2 is 1.80 bits per heavy atom. The molecule has 1 aromatic heterocycles. The van der Waals surface area contributed by atoms with Crippen LogP contribution >= 0.6 is 0 Å². The van der Waals surface area contributed by atoms with Gasteiger partial charge in [-0.05, 0) is 43.2 Å². The van der Waals surface area contributed by atoms with Crippen molar-refractivity contribution >= 4 is 16.7 Å². The second-order valence-corrected chi connectivity index (χ2v) is 3.67. The van der Waals surface area contributed by atoms with E-state index in [1.54, 1.807) is 7.05 Å². The smallest absolute Gasteiger partial charge is 0.359 e. The summed E-state index contributed by atoms with van der Waals surface area (Å²) in [6.45, 7) is 4.04. The second kappa shape index (κ2) is 3.42. The lowest BCUT2D eigenvalue weighted by atomic mass is 10.1. The number of rotatable bonds is 1. The van der Waals surface area contributed by atoms with Crippen LogP contribution in [0.2, 0.25) is 0 Å². The molecule has 0 saturated heterocycles. The van der Waals surface area contributed by atoms with E-state index in [0.29, 0.717) is 11.3 Å². The third-order valence-electron chi connectivity index (χ3n) is 2.62. The maximum absolute atomic E-state index is 11.4. The molecule has 1 N–H and O–H groups in total. The van der Waals surface area contributed by atoms with Gasteiger partial charge < -0.3 is 9.73 Å². The molecule has 3 nitrogen and oxygen atoms in total. The van der Waals surface area contributed by atoms with E-state index < -0.39 is 0 Å². The molecule has 0 saturated carbocycles. The highest BCUT2D eigenvalue weighted by molar-refractivity contribution is 5.81. The first-order valence-corrected chi connectivity index (χ1v) is 4.84. The monoisotopic (exact) mass is 203 g/mol. The molecule has 0 aliphatic rings. The molecule has 15 heavy (non-hydrogen) atoms. The van der Waals surface area contributed by atoms with Gasteiger partial charge in [0.1, 0.15) is 11.3 Å². The van der Waals surface area contributed by atoms with Gasteiger partial charge in [-0.3, -0.25) is 0 Å². The van der Waals surface area contributed by atoms with Crippen molar-refractivity contribution in [2.75, 3.05) is 12.4 Å². The van der Waals surface area contributed by atoms with Crippen LogP contribution in [-0.2, 0) is 0 Å². The third kappa shape index (κ3) is 1.61. The zero-order chi connectivity index (χ0) is 11.0. The highest BCUT2D eigenvalue weighted by Gasteiger charge is 2.04. The molecule has 0 amide bonds. The first-order chi connectivity index (χ1) is 7.11. The Balaban J connectivity index is 2.82. The van der Waals surface area contributed by atoms with Gasteiger partial charge in [0.25, 0.3) is 0 Å². The Kier molecular flexibility index (Phi) is 2.23. The molecule has 0 aliphatic heterocycles. The van der Waals surface area contributed by atoms with Gasteiger partial charge >= 0.3 is 5.63 Å². The van der Waals surface area contributed by atoms with Gasteiger partial charge in [-0.25, -0.2) is 4.79 Å². The fraction of sp³-hybridized carbons (Fsp3) is 0.250. The van der Waals surface area contributed by atoms with E-state index in [4.69, 9.17) is 4.42 Å². The van der Waals surface area contributed by atoms with E-state index in [9.17, 15) is 4.79 Å². The molecule has 3 heteroatoms. The summed E-state index contributed by atoms with van der Waals surface area (Å²) >= 11 is 0. The van der Waals surface area contributed by atoms with Crippen LogP contribution in [0.5, 0.6) is 0 Å². The summed E-state index contributed by atoms with van der Waals surface area (Å²) in [4.78, 5) is 11.4. The van der Waals surface area contributed by atoms with Crippen LogP contribution in [0.3, 0.4) is 0 Å². The Labute approximate surface area is 87.7 Å². The highest BCUT2D eigenvalue weighted by atomic mass is 16.4. The zero-order valence-electron chi connectivity index (χ0n) is 9.05. The largest absolute Gasteiger partial charge is 0.421 e. The van der Waals surface area contributed by atoms with Crippen LogP contribution < -0.4 is 10.9 Å². The van der Waals surface area contributed by atoms with Crippen molar-refractivity contribution in [3.8, 4) is 0 Å². The van der Waals surface area contributed by atoms with Gasteiger partial charge in [-0.2, -0.15) is 0 Å². The quantitative estimate of drug-likeness (QED) is 0.724. The van der Waals surface area contributed by atoms with Crippen molar-refractivity contribution in [3.05, 3.63) is 39.7 Å². The average molecular weight is 203 g/mol. The Bertz CT molecular complexity index is 570. The van der Waals surface area contributed by atoms with Crippen molar-refractivity contribution < 1.29 is 4.42 Å². The lowest BCUT2D eigenvalue weighted by molar-refractivity contribution is 0.563. The molecule has 1 heterocycles. The first-order valence-electron chi connectivity index (χ1n) is 4.84. The van der Waals surface area contributed by atoms with Gasteiger partial charge in [-0.1, -0.05) is 0 Å². The van der Waals surface area contributed by atoms with Gasteiger partial charge in [-0.15, -0.1) is 0 Å². The van der Waals surface area contributed by atoms with E-state index in [0.717, 1.165) is 10.9 Å².